The number of likely N-dealkylation sites (N-methyl/N-ethyl adjacent to an activating group) is 1. The summed E-state index contributed by atoms with van der Waals surface area (Å²) in [5, 5.41) is 21.7. The number of nitrogen functional groups attached to an aromatic ring is 1. The molecule has 1 aromatic carbocycles. The summed E-state index contributed by atoms with van der Waals surface area (Å²) in [4.78, 5) is 36.6. The van der Waals surface area contributed by atoms with Crippen LogP contribution in [0.5, 0.6) is 0 Å². The molecule has 0 spiro atoms. The van der Waals surface area contributed by atoms with Crippen LogP contribution in [0, 0.1) is 6.92 Å². The molecule has 1 aromatic heterocycles. The average molecular weight is 515 g/mol. The number of nitrogens with two attached hydrogens (primary N) is 1. The number of aromatic nitrogens is 2. The van der Waals surface area contributed by atoms with Gasteiger partial charge in [-0.25, -0.2) is 4.98 Å². The van der Waals surface area contributed by atoms with Gasteiger partial charge in [-0.15, -0.1) is 0 Å². The van der Waals surface area contributed by atoms with Crippen molar-refractivity contribution in [1.29, 1.82) is 0 Å². The van der Waals surface area contributed by atoms with Crippen LogP contribution in [-0.4, -0.2) is 81.7 Å². The maximum Gasteiger partial charge on any atom is 0.307 e. The Kier molecular flexibility index (Phi) is 12.8. The minimum absolute atomic E-state index is 0.0224. The van der Waals surface area contributed by atoms with Crippen molar-refractivity contribution in [2.75, 3.05) is 50.9 Å². The lowest BCUT2D eigenvalue weighted by Gasteiger charge is -2.26. The molecule has 5 N–H and O–H groups in total. The van der Waals surface area contributed by atoms with Gasteiger partial charge in [0.1, 0.15) is 5.82 Å². The summed E-state index contributed by atoms with van der Waals surface area (Å²) in [6.45, 7) is 6.34. The second-order valence-corrected chi connectivity index (χ2v) is 9.40. The molecule has 10 heteroatoms. The SMILES string of the molecule is CCCCCNc1nc(N)nc(C)c1CCCN(Cc1cccc(CC(=O)O)c1)C(=O)CN(C)CCO. The van der Waals surface area contributed by atoms with Gasteiger partial charge in [0.2, 0.25) is 11.9 Å². The molecule has 0 aliphatic rings. The minimum Gasteiger partial charge on any atom is -0.481 e. The van der Waals surface area contributed by atoms with Gasteiger partial charge in [0, 0.05) is 37.4 Å². The lowest BCUT2D eigenvalue weighted by molar-refractivity contribution is -0.136. The average Bonchev–Trinajstić information content (AvgIpc) is 2.82. The van der Waals surface area contributed by atoms with Gasteiger partial charge in [0.25, 0.3) is 0 Å². The summed E-state index contributed by atoms with van der Waals surface area (Å²) in [6, 6.07) is 7.33. The van der Waals surface area contributed by atoms with E-state index in [9.17, 15) is 14.7 Å². The summed E-state index contributed by atoms with van der Waals surface area (Å²) in [5.74, 6) is 0.0472. The molecule has 0 bridgehead atoms. The van der Waals surface area contributed by atoms with Crippen LogP contribution in [0.1, 0.15) is 55.0 Å². The van der Waals surface area contributed by atoms with Crippen LogP contribution >= 0.6 is 0 Å². The van der Waals surface area contributed by atoms with Gasteiger partial charge in [0.05, 0.1) is 19.6 Å². The molecule has 0 aliphatic heterocycles. The van der Waals surface area contributed by atoms with E-state index in [1.807, 2.05) is 25.1 Å². The predicted molar refractivity (Wildman–Crippen MR) is 145 cm³/mol. The first-order chi connectivity index (χ1) is 17.7. The summed E-state index contributed by atoms with van der Waals surface area (Å²) in [7, 11) is 1.80. The van der Waals surface area contributed by atoms with E-state index in [0.717, 1.165) is 48.4 Å². The molecular formula is C27H42N6O4. The molecule has 0 saturated carbocycles. The molecule has 0 fully saturated rings. The monoisotopic (exact) mass is 514 g/mol. The van der Waals surface area contributed by atoms with E-state index in [-0.39, 0.29) is 31.4 Å². The van der Waals surface area contributed by atoms with Crippen LogP contribution in [0.15, 0.2) is 24.3 Å². The number of hydrogen-bond donors (Lipinski definition) is 4. The summed E-state index contributed by atoms with van der Waals surface area (Å²) < 4.78 is 0. The highest BCUT2D eigenvalue weighted by atomic mass is 16.4. The van der Waals surface area contributed by atoms with Crippen molar-refractivity contribution in [2.24, 2.45) is 0 Å². The van der Waals surface area contributed by atoms with E-state index in [1.54, 1.807) is 22.9 Å². The number of carboxylic acids is 1. The molecule has 0 atom stereocenters. The zero-order valence-corrected chi connectivity index (χ0v) is 22.4. The molecule has 0 saturated heterocycles. The van der Waals surface area contributed by atoms with E-state index in [1.165, 1.54) is 0 Å². The number of aryl methyl sites for hydroxylation is 1. The van der Waals surface area contributed by atoms with Crippen molar-refractivity contribution in [1.82, 2.24) is 19.8 Å². The van der Waals surface area contributed by atoms with Crippen LogP contribution in [0.25, 0.3) is 0 Å². The molecule has 0 radical (unpaired) electrons. The van der Waals surface area contributed by atoms with Crippen molar-refractivity contribution >= 4 is 23.6 Å². The fourth-order valence-electron chi connectivity index (χ4n) is 4.20. The van der Waals surface area contributed by atoms with E-state index in [4.69, 9.17) is 10.8 Å². The Balaban J connectivity index is 2.14. The number of nitrogens with one attached hydrogen (secondary N) is 1. The van der Waals surface area contributed by atoms with Crippen LogP contribution in [0.3, 0.4) is 0 Å². The normalized spacial score (nSPS) is 11.1. The van der Waals surface area contributed by atoms with E-state index < -0.39 is 5.97 Å². The van der Waals surface area contributed by atoms with Gasteiger partial charge in [-0.2, -0.15) is 4.98 Å². The zero-order valence-electron chi connectivity index (χ0n) is 22.4. The van der Waals surface area contributed by atoms with Crippen LogP contribution in [0.4, 0.5) is 11.8 Å². The van der Waals surface area contributed by atoms with Crippen molar-refractivity contribution < 1.29 is 19.8 Å². The highest BCUT2D eigenvalue weighted by Gasteiger charge is 2.18. The number of carbonyl (C=O) groups is 2. The molecule has 10 nitrogen and oxygen atoms in total. The number of rotatable bonds is 17. The number of carbonyl (C=O) groups excluding carboxylic acids is 1. The molecule has 1 heterocycles. The number of carboxylic acid groups (broad SMARTS) is 1. The number of benzene rings is 1. The molecule has 204 valence electrons. The second-order valence-electron chi connectivity index (χ2n) is 9.40. The standard InChI is InChI=1S/C27H42N6O4/c1-4-5-6-12-29-26-23(20(2)30-27(28)31-26)11-8-13-33(24(35)19-32(3)14-15-34)18-22-10-7-9-21(16-22)17-25(36)37/h7,9-10,16,34H,4-6,8,11-15,17-19H2,1-3H3,(H,36,37)(H3,28,29,30,31). The van der Waals surface area contributed by atoms with Gasteiger partial charge in [-0.05, 0) is 44.4 Å². The van der Waals surface area contributed by atoms with E-state index >= 15 is 0 Å². The second kappa shape index (κ2) is 15.8. The Hall–Kier alpha value is -3.24. The van der Waals surface area contributed by atoms with Crippen LogP contribution in [0.2, 0.25) is 0 Å². The van der Waals surface area contributed by atoms with Crippen molar-refractivity contribution in [3.63, 3.8) is 0 Å². The third-order valence-electron chi connectivity index (χ3n) is 6.12. The first-order valence-corrected chi connectivity index (χ1v) is 13.0. The fraction of sp³-hybridized carbons (Fsp3) is 0.556. The number of anilines is 2. The van der Waals surface area contributed by atoms with Gasteiger partial charge in [0.15, 0.2) is 0 Å². The Morgan fingerprint density at radius 2 is 1.86 bits per heavy atom. The van der Waals surface area contributed by atoms with Crippen molar-refractivity contribution in [2.45, 2.75) is 58.9 Å². The zero-order chi connectivity index (χ0) is 27.2. The summed E-state index contributed by atoms with van der Waals surface area (Å²) in [5.41, 5.74) is 9.30. The number of hydrogen-bond acceptors (Lipinski definition) is 8. The molecule has 0 unspecified atom stereocenters. The third kappa shape index (κ3) is 10.7. The summed E-state index contributed by atoms with van der Waals surface area (Å²) in [6.07, 6.45) is 4.63. The largest absolute Gasteiger partial charge is 0.481 e. The number of aliphatic hydroxyl groups excluding tert-OH is 1. The molecule has 2 rings (SSSR count). The van der Waals surface area contributed by atoms with Gasteiger partial charge in [-0.3, -0.25) is 14.5 Å². The van der Waals surface area contributed by atoms with Gasteiger partial charge >= 0.3 is 5.97 Å². The van der Waals surface area contributed by atoms with Gasteiger partial charge in [-0.1, -0.05) is 44.0 Å². The topological polar surface area (TPSA) is 145 Å². The Bertz CT molecular complexity index is 1020. The number of nitrogens with zero attached hydrogens (tertiary/aromatic N) is 4. The number of aliphatic hydroxyl groups is 1. The molecule has 2 aromatic rings. The summed E-state index contributed by atoms with van der Waals surface area (Å²) >= 11 is 0. The Labute approximate surface area is 219 Å². The lowest BCUT2D eigenvalue weighted by atomic mass is 10.1. The predicted octanol–water partition coefficient (Wildman–Crippen LogP) is 2.48. The Morgan fingerprint density at radius 3 is 2.57 bits per heavy atom. The van der Waals surface area contributed by atoms with Gasteiger partial charge < -0.3 is 26.2 Å². The lowest BCUT2D eigenvalue weighted by Crippen LogP contribution is -2.40. The van der Waals surface area contributed by atoms with Crippen LogP contribution < -0.4 is 11.1 Å². The van der Waals surface area contributed by atoms with Crippen molar-refractivity contribution in [3.8, 4) is 0 Å². The maximum atomic E-state index is 13.2. The Morgan fingerprint density at radius 1 is 1.11 bits per heavy atom. The van der Waals surface area contributed by atoms with E-state index in [2.05, 4.69) is 22.2 Å². The molecule has 1 amide bonds. The van der Waals surface area contributed by atoms with E-state index in [0.29, 0.717) is 38.0 Å². The van der Waals surface area contributed by atoms with Crippen molar-refractivity contribution in [3.05, 3.63) is 46.6 Å². The number of amides is 1. The number of aliphatic carboxylic acids is 1. The first kappa shape index (κ1) is 30.0. The quantitative estimate of drug-likeness (QED) is 0.234. The first-order valence-electron chi connectivity index (χ1n) is 13.0. The highest BCUT2D eigenvalue weighted by molar-refractivity contribution is 5.78. The molecule has 0 aliphatic carbocycles. The minimum atomic E-state index is -0.893. The molecular weight excluding hydrogens is 472 g/mol. The smallest absolute Gasteiger partial charge is 0.307 e. The maximum absolute atomic E-state index is 13.2. The highest BCUT2D eigenvalue weighted by Crippen LogP contribution is 2.20. The third-order valence-corrected chi connectivity index (χ3v) is 6.12. The van der Waals surface area contributed by atoms with Crippen LogP contribution in [-0.2, 0) is 29.0 Å². The fourth-order valence-corrected chi connectivity index (χ4v) is 4.20. The molecule has 37 heavy (non-hydrogen) atoms. The number of unbranched alkanes of at least 4 members (excludes halogenated alkanes) is 2.